The number of hydrogen-bond donors (Lipinski definition) is 2. The van der Waals surface area contributed by atoms with Gasteiger partial charge in [0.15, 0.2) is 0 Å². The second-order valence-electron chi connectivity index (χ2n) is 3.86. The molecule has 1 rings (SSSR count). The van der Waals surface area contributed by atoms with Gasteiger partial charge in [-0.25, -0.2) is 4.98 Å². The number of anilines is 1. The Morgan fingerprint density at radius 1 is 1.50 bits per heavy atom. The van der Waals surface area contributed by atoms with Gasteiger partial charge < -0.3 is 11.1 Å². The molecule has 0 amide bonds. The Labute approximate surface area is 102 Å². The Morgan fingerprint density at radius 3 is 2.75 bits per heavy atom. The van der Waals surface area contributed by atoms with Crippen molar-refractivity contribution in [3.63, 3.8) is 0 Å². The van der Waals surface area contributed by atoms with Crippen molar-refractivity contribution in [2.24, 2.45) is 11.7 Å². The maximum atomic E-state index is 5.57. The van der Waals surface area contributed by atoms with Crippen molar-refractivity contribution in [3.05, 3.63) is 23.9 Å². The summed E-state index contributed by atoms with van der Waals surface area (Å²) in [5, 5.41) is 3.32. The molecule has 0 aliphatic rings. The van der Waals surface area contributed by atoms with E-state index in [9.17, 15) is 0 Å². The van der Waals surface area contributed by atoms with Crippen LogP contribution in [0.1, 0.15) is 32.3 Å². The first kappa shape index (κ1) is 12.9. The summed E-state index contributed by atoms with van der Waals surface area (Å²) in [4.78, 5) is 4.65. The third kappa shape index (κ3) is 3.77. The highest BCUT2D eigenvalue weighted by atomic mass is 32.1. The quantitative estimate of drug-likeness (QED) is 0.747. The lowest BCUT2D eigenvalue weighted by atomic mass is 10.0. The fraction of sp³-hybridized carbons (Fsp3) is 0.500. The molecule has 0 aliphatic heterocycles. The average Bonchev–Trinajstić information content (AvgIpc) is 2.31. The Morgan fingerprint density at radius 2 is 2.19 bits per heavy atom. The lowest BCUT2D eigenvalue weighted by Crippen LogP contribution is -2.15. The van der Waals surface area contributed by atoms with Crippen molar-refractivity contribution in [1.29, 1.82) is 0 Å². The normalized spacial score (nSPS) is 10.4. The molecule has 88 valence electrons. The lowest BCUT2D eigenvalue weighted by molar-refractivity contribution is 0.518. The molecule has 0 saturated heterocycles. The van der Waals surface area contributed by atoms with Gasteiger partial charge in [-0.2, -0.15) is 0 Å². The number of nitrogens with two attached hydrogens (primary N) is 1. The van der Waals surface area contributed by atoms with Crippen LogP contribution in [0.2, 0.25) is 0 Å². The van der Waals surface area contributed by atoms with Crippen LogP contribution < -0.4 is 11.1 Å². The Hall–Kier alpha value is -1.16. The number of nitrogens with zero attached hydrogens (tertiary/aromatic N) is 1. The first-order valence-corrected chi connectivity index (χ1v) is 6.07. The molecule has 0 unspecified atom stereocenters. The van der Waals surface area contributed by atoms with Gasteiger partial charge >= 0.3 is 0 Å². The summed E-state index contributed by atoms with van der Waals surface area (Å²) in [5.74, 6) is 1.53. The van der Waals surface area contributed by atoms with E-state index in [2.05, 4.69) is 24.1 Å². The van der Waals surface area contributed by atoms with Crippen LogP contribution in [-0.4, -0.2) is 16.5 Å². The Kier molecular flexibility index (Phi) is 5.19. The lowest BCUT2D eigenvalue weighted by Gasteiger charge is -2.13. The summed E-state index contributed by atoms with van der Waals surface area (Å²) < 4.78 is 0. The van der Waals surface area contributed by atoms with E-state index in [1.54, 1.807) is 6.20 Å². The van der Waals surface area contributed by atoms with E-state index in [1.807, 2.05) is 12.1 Å². The van der Waals surface area contributed by atoms with Crippen LogP contribution in [0.15, 0.2) is 18.3 Å². The Balaban J connectivity index is 2.60. The zero-order chi connectivity index (χ0) is 12.0. The van der Waals surface area contributed by atoms with Gasteiger partial charge in [-0.1, -0.05) is 38.9 Å². The molecule has 1 aromatic heterocycles. The van der Waals surface area contributed by atoms with Crippen molar-refractivity contribution in [2.75, 3.05) is 11.9 Å². The second-order valence-corrected chi connectivity index (χ2v) is 4.30. The van der Waals surface area contributed by atoms with E-state index >= 15 is 0 Å². The largest absolute Gasteiger partial charge is 0.389 e. The molecule has 4 heteroatoms. The van der Waals surface area contributed by atoms with Crippen LogP contribution in [0.25, 0.3) is 0 Å². The van der Waals surface area contributed by atoms with Crippen LogP contribution in [-0.2, 0) is 0 Å². The molecule has 0 spiro atoms. The van der Waals surface area contributed by atoms with Gasteiger partial charge in [-0.15, -0.1) is 0 Å². The summed E-state index contributed by atoms with van der Waals surface area (Å²) >= 11 is 4.93. The van der Waals surface area contributed by atoms with Crippen LogP contribution in [0.4, 0.5) is 5.82 Å². The smallest absolute Gasteiger partial charge is 0.126 e. The van der Waals surface area contributed by atoms with Crippen LogP contribution in [0.3, 0.4) is 0 Å². The highest BCUT2D eigenvalue weighted by Gasteiger charge is 2.04. The minimum atomic E-state index is 0.410. The second kappa shape index (κ2) is 6.43. The van der Waals surface area contributed by atoms with Crippen molar-refractivity contribution < 1.29 is 0 Å². The van der Waals surface area contributed by atoms with Crippen LogP contribution >= 0.6 is 12.2 Å². The molecule has 0 radical (unpaired) electrons. The van der Waals surface area contributed by atoms with Crippen LogP contribution in [0, 0.1) is 5.92 Å². The highest BCUT2D eigenvalue weighted by Crippen LogP contribution is 2.11. The predicted octanol–water partition coefficient (Wildman–Crippen LogP) is 2.56. The van der Waals surface area contributed by atoms with Crippen molar-refractivity contribution >= 4 is 23.0 Å². The fourth-order valence-corrected chi connectivity index (χ4v) is 1.63. The molecule has 3 N–H and O–H groups in total. The molecular weight excluding hydrogens is 218 g/mol. The molecule has 1 aromatic rings. The van der Waals surface area contributed by atoms with Crippen molar-refractivity contribution in [2.45, 2.75) is 26.7 Å². The molecule has 1 heterocycles. The molecule has 0 saturated carbocycles. The molecule has 0 aromatic carbocycles. The SMILES string of the molecule is CCC(CC)CNc1cc(C(N)=S)ccn1. The minimum Gasteiger partial charge on any atom is -0.389 e. The van der Waals surface area contributed by atoms with Gasteiger partial charge in [0.2, 0.25) is 0 Å². The number of thiocarbonyl (C=S) groups is 1. The maximum absolute atomic E-state index is 5.57. The van der Waals surface area contributed by atoms with Gasteiger partial charge in [0.1, 0.15) is 10.8 Å². The molecule has 0 fully saturated rings. The van der Waals surface area contributed by atoms with Crippen molar-refractivity contribution in [1.82, 2.24) is 4.98 Å². The average molecular weight is 237 g/mol. The molecule has 0 bridgehead atoms. The van der Waals surface area contributed by atoms with E-state index < -0.39 is 0 Å². The highest BCUT2D eigenvalue weighted by molar-refractivity contribution is 7.80. The summed E-state index contributed by atoms with van der Waals surface area (Å²) in [5.41, 5.74) is 6.43. The molecule has 0 atom stereocenters. The predicted molar refractivity (Wildman–Crippen MR) is 72.7 cm³/mol. The van der Waals surface area contributed by atoms with Gasteiger partial charge in [0.25, 0.3) is 0 Å². The zero-order valence-electron chi connectivity index (χ0n) is 9.86. The number of hydrogen-bond acceptors (Lipinski definition) is 3. The maximum Gasteiger partial charge on any atom is 0.126 e. The molecule has 0 aliphatic carbocycles. The monoisotopic (exact) mass is 237 g/mol. The summed E-state index contributed by atoms with van der Waals surface area (Å²) in [6, 6.07) is 3.72. The standard InChI is InChI=1S/C12H19N3S/c1-3-9(4-2)8-15-11-7-10(12(13)16)5-6-14-11/h5-7,9H,3-4,8H2,1-2H3,(H2,13,16)(H,14,15). The summed E-state index contributed by atoms with van der Waals surface area (Å²) in [7, 11) is 0. The summed E-state index contributed by atoms with van der Waals surface area (Å²) in [6.45, 7) is 5.35. The molecule has 16 heavy (non-hydrogen) atoms. The van der Waals surface area contributed by atoms with Gasteiger partial charge in [-0.3, -0.25) is 0 Å². The number of pyridine rings is 1. The number of rotatable bonds is 6. The van der Waals surface area contributed by atoms with E-state index in [-0.39, 0.29) is 0 Å². The van der Waals surface area contributed by atoms with Crippen LogP contribution in [0.5, 0.6) is 0 Å². The molecular formula is C12H19N3S. The first-order valence-electron chi connectivity index (χ1n) is 5.67. The summed E-state index contributed by atoms with van der Waals surface area (Å²) in [6.07, 6.45) is 4.08. The van der Waals surface area contributed by atoms with Gasteiger partial charge in [0.05, 0.1) is 0 Å². The van der Waals surface area contributed by atoms with E-state index in [0.29, 0.717) is 10.9 Å². The number of nitrogens with one attached hydrogen (secondary N) is 1. The number of aromatic nitrogens is 1. The zero-order valence-corrected chi connectivity index (χ0v) is 10.7. The van der Waals surface area contributed by atoms with E-state index in [1.165, 1.54) is 12.8 Å². The van der Waals surface area contributed by atoms with Gasteiger partial charge in [0, 0.05) is 18.3 Å². The Bertz CT molecular complexity index is 348. The fourth-order valence-electron chi connectivity index (χ4n) is 1.51. The van der Waals surface area contributed by atoms with E-state index in [4.69, 9.17) is 18.0 Å². The minimum absolute atomic E-state index is 0.410. The van der Waals surface area contributed by atoms with Crippen molar-refractivity contribution in [3.8, 4) is 0 Å². The third-order valence-electron chi connectivity index (χ3n) is 2.77. The molecule has 3 nitrogen and oxygen atoms in total. The van der Waals surface area contributed by atoms with E-state index in [0.717, 1.165) is 17.9 Å². The first-order chi connectivity index (χ1) is 7.67. The topological polar surface area (TPSA) is 50.9 Å². The van der Waals surface area contributed by atoms with Gasteiger partial charge in [-0.05, 0) is 18.1 Å². The third-order valence-corrected chi connectivity index (χ3v) is 3.01.